The van der Waals surface area contributed by atoms with E-state index in [1.54, 1.807) is 18.9 Å². The number of H-pyrrole nitrogens is 1. The van der Waals surface area contributed by atoms with Crippen molar-refractivity contribution < 1.29 is 4.74 Å². The second kappa shape index (κ2) is 6.50. The summed E-state index contributed by atoms with van der Waals surface area (Å²) in [5.41, 5.74) is 0. The van der Waals surface area contributed by atoms with Crippen LogP contribution >= 0.6 is 11.8 Å². The molecule has 0 saturated heterocycles. The first kappa shape index (κ1) is 13.0. The molecule has 0 spiro atoms. The molecule has 0 amide bonds. The van der Waals surface area contributed by atoms with E-state index in [1.807, 2.05) is 18.3 Å². The lowest BCUT2D eigenvalue weighted by atomic mass is 10.2. The van der Waals surface area contributed by atoms with Gasteiger partial charge in [-0.3, -0.25) is 0 Å². The summed E-state index contributed by atoms with van der Waals surface area (Å²) in [5.74, 6) is 1.96. The lowest BCUT2D eigenvalue weighted by Gasteiger charge is -2.01. The predicted octanol–water partition coefficient (Wildman–Crippen LogP) is 3.91. The molecule has 0 fully saturated rings. The number of nitrogens with zero attached hydrogens (tertiary/aromatic N) is 1. The molecule has 1 heterocycles. The summed E-state index contributed by atoms with van der Waals surface area (Å²) >= 11 is 1.69. The number of aromatic amines is 1. The van der Waals surface area contributed by atoms with Gasteiger partial charge in [-0.15, -0.1) is 0 Å². The summed E-state index contributed by atoms with van der Waals surface area (Å²) in [7, 11) is 1.68. The SMILES string of the molecule is CCCCc1ncc(Sc2ccc(OC)cc2)[nH]1. The summed E-state index contributed by atoms with van der Waals surface area (Å²) in [5, 5.41) is 1.09. The van der Waals surface area contributed by atoms with Crippen molar-refractivity contribution in [2.45, 2.75) is 36.1 Å². The number of aryl methyl sites for hydroxylation is 1. The van der Waals surface area contributed by atoms with Gasteiger partial charge in [-0.05, 0) is 30.7 Å². The number of imidazole rings is 1. The van der Waals surface area contributed by atoms with E-state index in [2.05, 4.69) is 29.0 Å². The van der Waals surface area contributed by atoms with Crippen LogP contribution in [0.5, 0.6) is 5.75 Å². The topological polar surface area (TPSA) is 37.9 Å². The van der Waals surface area contributed by atoms with E-state index in [0.29, 0.717) is 0 Å². The number of benzene rings is 1. The Kier molecular flexibility index (Phi) is 4.70. The Hall–Kier alpha value is -1.42. The van der Waals surface area contributed by atoms with Crippen molar-refractivity contribution >= 4 is 11.8 Å². The van der Waals surface area contributed by atoms with Crippen molar-refractivity contribution in [3.05, 3.63) is 36.3 Å². The molecule has 4 heteroatoms. The van der Waals surface area contributed by atoms with Crippen LogP contribution in [0, 0.1) is 0 Å². The summed E-state index contributed by atoms with van der Waals surface area (Å²) in [6.07, 6.45) is 5.31. The fraction of sp³-hybridized carbons (Fsp3) is 0.357. The lowest BCUT2D eigenvalue weighted by molar-refractivity contribution is 0.414. The average molecular weight is 262 g/mol. The minimum Gasteiger partial charge on any atom is -0.497 e. The molecule has 0 unspecified atom stereocenters. The molecule has 0 saturated carbocycles. The number of hydrogen-bond donors (Lipinski definition) is 1. The molecule has 1 aromatic carbocycles. The second-order valence-corrected chi connectivity index (χ2v) is 5.19. The second-order valence-electron chi connectivity index (χ2n) is 4.08. The standard InChI is InChI=1S/C14H18N2OS/c1-3-4-5-13-15-10-14(16-13)18-12-8-6-11(17-2)7-9-12/h6-10H,3-5H2,1-2H3,(H,15,16). The van der Waals surface area contributed by atoms with E-state index >= 15 is 0 Å². The van der Waals surface area contributed by atoms with Crippen molar-refractivity contribution in [2.75, 3.05) is 7.11 Å². The first-order valence-electron chi connectivity index (χ1n) is 6.17. The number of hydrogen-bond acceptors (Lipinski definition) is 3. The molecular weight excluding hydrogens is 244 g/mol. The van der Waals surface area contributed by atoms with Crippen molar-refractivity contribution in [1.82, 2.24) is 9.97 Å². The highest BCUT2D eigenvalue weighted by molar-refractivity contribution is 7.99. The Morgan fingerprint density at radius 1 is 1.28 bits per heavy atom. The van der Waals surface area contributed by atoms with Crippen LogP contribution in [-0.4, -0.2) is 17.1 Å². The van der Waals surface area contributed by atoms with Crippen LogP contribution in [-0.2, 0) is 6.42 Å². The monoisotopic (exact) mass is 262 g/mol. The summed E-state index contributed by atoms with van der Waals surface area (Å²) in [6, 6.07) is 8.04. The molecule has 0 radical (unpaired) electrons. The van der Waals surface area contributed by atoms with Gasteiger partial charge in [-0.25, -0.2) is 4.98 Å². The van der Waals surface area contributed by atoms with Gasteiger partial charge in [0.1, 0.15) is 11.6 Å². The van der Waals surface area contributed by atoms with E-state index in [4.69, 9.17) is 4.74 Å². The highest BCUT2D eigenvalue weighted by Crippen LogP contribution is 2.27. The number of unbranched alkanes of at least 4 members (excludes halogenated alkanes) is 1. The Bertz CT molecular complexity index is 479. The van der Waals surface area contributed by atoms with Gasteiger partial charge >= 0.3 is 0 Å². The third kappa shape index (κ3) is 3.53. The van der Waals surface area contributed by atoms with Crippen LogP contribution in [0.4, 0.5) is 0 Å². The maximum atomic E-state index is 5.14. The van der Waals surface area contributed by atoms with Gasteiger partial charge in [0.2, 0.25) is 0 Å². The fourth-order valence-corrected chi connectivity index (χ4v) is 2.44. The molecule has 0 aliphatic carbocycles. The smallest absolute Gasteiger partial charge is 0.118 e. The number of methoxy groups -OCH3 is 1. The van der Waals surface area contributed by atoms with E-state index in [1.165, 1.54) is 17.7 Å². The van der Waals surface area contributed by atoms with Crippen LogP contribution in [0.2, 0.25) is 0 Å². The highest BCUT2D eigenvalue weighted by Gasteiger charge is 2.02. The maximum absolute atomic E-state index is 5.14. The quantitative estimate of drug-likeness (QED) is 0.857. The van der Waals surface area contributed by atoms with Gasteiger partial charge in [0.25, 0.3) is 0 Å². The zero-order valence-electron chi connectivity index (χ0n) is 10.8. The van der Waals surface area contributed by atoms with Crippen LogP contribution in [0.15, 0.2) is 40.4 Å². The van der Waals surface area contributed by atoms with Crippen LogP contribution in [0.3, 0.4) is 0 Å². The molecule has 18 heavy (non-hydrogen) atoms. The summed E-state index contributed by atoms with van der Waals surface area (Å²) < 4.78 is 5.14. The zero-order chi connectivity index (χ0) is 12.8. The lowest BCUT2D eigenvalue weighted by Crippen LogP contribution is -1.86. The van der Waals surface area contributed by atoms with Gasteiger partial charge in [-0.1, -0.05) is 25.1 Å². The molecule has 2 aromatic rings. The van der Waals surface area contributed by atoms with Crippen LogP contribution < -0.4 is 4.74 Å². The van der Waals surface area contributed by atoms with Crippen LogP contribution in [0.25, 0.3) is 0 Å². The number of nitrogens with one attached hydrogen (secondary N) is 1. The molecule has 0 aliphatic heterocycles. The average Bonchev–Trinajstić information content (AvgIpc) is 2.85. The van der Waals surface area contributed by atoms with Crippen LogP contribution in [0.1, 0.15) is 25.6 Å². The molecule has 1 aromatic heterocycles. The number of rotatable bonds is 6. The van der Waals surface area contributed by atoms with Gasteiger partial charge in [-0.2, -0.15) is 0 Å². The van der Waals surface area contributed by atoms with E-state index in [0.717, 1.165) is 23.0 Å². The largest absolute Gasteiger partial charge is 0.497 e. The number of ether oxygens (including phenoxy) is 1. The molecular formula is C14H18N2OS. The normalized spacial score (nSPS) is 10.6. The van der Waals surface area contributed by atoms with E-state index in [9.17, 15) is 0 Å². The van der Waals surface area contributed by atoms with Crippen molar-refractivity contribution in [3.63, 3.8) is 0 Å². The molecule has 1 N–H and O–H groups in total. The minimum absolute atomic E-state index is 0.882. The molecule has 96 valence electrons. The zero-order valence-corrected chi connectivity index (χ0v) is 11.6. The fourth-order valence-electron chi connectivity index (χ4n) is 1.64. The third-order valence-electron chi connectivity index (χ3n) is 2.66. The summed E-state index contributed by atoms with van der Waals surface area (Å²) in [4.78, 5) is 8.91. The van der Waals surface area contributed by atoms with Gasteiger partial charge in [0, 0.05) is 11.3 Å². The van der Waals surface area contributed by atoms with Crippen molar-refractivity contribution in [3.8, 4) is 5.75 Å². The molecule has 0 aliphatic rings. The first-order chi connectivity index (χ1) is 8.81. The Labute approximate surface area is 112 Å². The Balaban J connectivity index is 1.97. The van der Waals surface area contributed by atoms with Gasteiger partial charge in [0.15, 0.2) is 0 Å². The minimum atomic E-state index is 0.882. The molecule has 0 atom stereocenters. The molecule has 3 nitrogen and oxygen atoms in total. The van der Waals surface area contributed by atoms with Gasteiger partial charge in [0.05, 0.1) is 18.3 Å². The Morgan fingerprint density at radius 2 is 2.06 bits per heavy atom. The third-order valence-corrected chi connectivity index (χ3v) is 3.59. The maximum Gasteiger partial charge on any atom is 0.118 e. The van der Waals surface area contributed by atoms with E-state index in [-0.39, 0.29) is 0 Å². The first-order valence-corrected chi connectivity index (χ1v) is 6.99. The summed E-state index contributed by atoms with van der Waals surface area (Å²) in [6.45, 7) is 2.19. The predicted molar refractivity (Wildman–Crippen MR) is 74.3 cm³/mol. The van der Waals surface area contributed by atoms with E-state index < -0.39 is 0 Å². The number of aromatic nitrogens is 2. The molecule has 0 bridgehead atoms. The van der Waals surface area contributed by atoms with Gasteiger partial charge < -0.3 is 9.72 Å². The van der Waals surface area contributed by atoms with Crippen molar-refractivity contribution in [1.29, 1.82) is 0 Å². The molecule has 2 rings (SSSR count). The Morgan fingerprint density at radius 3 is 2.72 bits per heavy atom. The van der Waals surface area contributed by atoms with Crippen molar-refractivity contribution in [2.24, 2.45) is 0 Å². The highest BCUT2D eigenvalue weighted by atomic mass is 32.2.